The molecule has 0 aromatic rings. The number of rotatable bonds is 8. The van der Waals surface area contributed by atoms with Crippen LogP contribution in [0.3, 0.4) is 0 Å². The minimum absolute atomic E-state index is 0. The molecule has 7 nitrogen and oxygen atoms in total. The molecule has 0 atom stereocenters. The third-order valence-electron chi connectivity index (χ3n) is 2.83. The van der Waals surface area contributed by atoms with Crippen LogP contribution < -0.4 is 5.25 Å². The average molecular weight is 305 g/mol. The summed E-state index contributed by atoms with van der Waals surface area (Å²) in [6, 6.07) is 0. The zero-order valence-electron chi connectivity index (χ0n) is 12.0. The molecule has 1 saturated heterocycles. The topological polar surface area (TPSA) is 62.7 Å². The second kappa shape index (κ2) is 6.74. The molecular weight excluding hydrogens is 279 g/mol. The van der Waals surface area contributed by atoms with Crippen molar-refractivity contribution in [3.8, 4) is 0 Å². The summed E-state index contributed by atoms with van der Waals surface area (Å²) < 4.78 is 19.2. The third kappa shape index (κ3) is 3.50. The summed E-state index contributed by atoms with van der Waals surface area (Å²) in [5.41, 5.74) is 0. The Balaban J connectivity index is 0.00000289. The molecule has 1 rings (SSSR count). The van der Waals surface area contributed by atoms with E-state index in [2.05, 4.69) is 5.25 Å². The molecule has 0 aromatic carbocycles. The van der Waals surface area contributed by atoms with E-state index in [0.29, 0.717) is 0 Å². The van der Waals surface area contributed by atoms with Crippen molar-refractivity contribution >= 4 is 20.0 Å². The fourth-order valence-corrected chi connectivity index (χ4v) is 4.05. The first-order valence-corrected chi connectivity index (χ1v) is 7.89. The normalized spacial score (nSPS) is 22.6. The van der Waals surface area contributed by atoms with Crippen LogP contribution in [0.1, 0.15) is 20.8 Å². The van der Waals surface area contributed by atoms with E-state index in [0.717, 1.165) is 19.6 Å². The average Bonchev–Trinajstić information content (AvgIpc) is 3.04. The summed E-state index contributed by atoms with van der Waals surface area (Å²) in [6.45, 7) is 8.31. The predicted octanol–water partition coefficient (Wildman–Crippen LogP) is 1.79. The summed E-state index contributed by atoms with van der Waals surface area (Å²) in [6.07, 6.45) is 0. The van der Waals surface area contributed by atoms with Crippen molar-refractivity contribution in [2.45, 2.75) is 20.8 Å². The molecule has 9 heteroatoms. The van der Waals surface area contributed by atoms with Gasteiger partial charge in [0.1, 0.15) is 0 Å². The van der Waals surface area contributed by atoms with Crippen LogP contribution in [0.5, 0.6) is 0 Å². The fourth-order valence-electron chi connectivity index (χ4n) is 1.25. The van der Waals surface area contributed by atoms with Crippen molar-refractivity contribution in [1.29, 1.82) is 0 Å². The van der Waals surface area contributed by atoms with Crippen LogP contribution in [0.4, 0.5) is 0 Å². The van der Waals surface area contributed by atoms with Crippen molar-refractivity contribution in [3.05, 3.63) is 0 Å². The number of hydrogen-bond acceptors (Lipinski definition) is 7. The fraction of sp³-hybridized carbons (Fsp3) is 1.00. The minimum Gasteiger partial charge on any atom is -0.147 e. The monoisotopic (exact) mass is 304 g/mol. The Hall–Kier alpha value is 0.440. The predicted molar refractivity (Wildman–Crippen MR) is 75.5 cm³/mol. The maximum Gasteiger partial charge on any atom is -0.147 e. The Morgan fingerprint density at radius 1 is 0.944 bits per heavy atom. The van der Waals surface area contributed by atoms with Gasteiger partial charge in [-0.2, -0.15) is 0 Å². The number of hydrogen-bond donors (Lipinski definition) is 1. The van der Waals surface area contributed by atoms with Crippen molar-refractivity contribution < 1.29 is 13.9 Å². The van der Waals surface area contributed by atoms with Gasteiger partial charge in [0.05, 0.1) is 0 Å². The van der Waals surface area contributed by atoms with Gasteiger partial charge in [-0.05, 0) is 0 Å². The van der Waals surface area contributed by atoms with Crippen molar-refractivity contribution in [2.75, 3.05) is 40.8 Å². The summed E-state index contributed by atoms with van der Waals surface area (Å²) in [5, 5.41) is 6.30. The minimum atomic E-state index is -3.32. The van der Waals surface area contributed by atoms with E-state index in [4.69, 9.17) is 13.9 Å². The standard InChI is InChI=1S/C9H25N4O3P.ClH/c1-7-11(4)15-17(10-14-17,13(6)9-3)16-12(5)8-2;/h10H,7-9H2,1-6H3;1H. The number of halogens is 1. The second-order valence-electron chi connectivity index (χ2n) is 4.05. The Bertz CT molecular complexity index is 254. The van der Waals surface area contributed by atoms with Gasteiger partial charge in [-0.3, -0.25) is 0 Å². The molecule has 0 saturated carbocycles. The Morgan fingerprint density at radius 3 is 1.56 bits per heavy atom. The van der Waals surface area contributed by atoms with Gasteiger partial charge in [0.2, 0.25) is 0 Å². The van der Waals surface area contributed by atoms with E-state index in [1.165, 1.54) is 0 Å². The molecular formula is C9H26ClN4O3P. The maximum absolute atomic E-state index is 5.90. The molecule has 0 radical (unpaired) electrons. The Kier molecular flexibility index (Phi) is 6.91. The second-order valence-corrected chi connectivity index (χ2v) is 7.11. The van der Waals surface area contributed by atoms with Crippen LogP contribution in [-0.4, -0.2) is 55.6 Å². The third-order valence-corrected chi connectivity index (χ3v) is 6.06. The first-order valence-electron chi connectivity index (χ1n) is 5.95. The molecule has 0 unspecified atom stereocenters. The van der Waals surface area contributed by atoms with Gasteiger partial charge < -0.3 is 0 Å². The number of hydroxylamine groups is 4. The smallest absolute Gasteiger partial charge is 0.147 e. The number of nitrogens with zero attached hydrogens (tertiary/aromatic N) is 3. The van der Waals surface area contributed by atoms with Crippen LogP contribution >= 0.6 is 20.0 Å². The summed E-state index contributed by atoms with van der Waals surface area (Å²) in [4.78, 5) is 0. The number of nitrogens with one attached hydrogen (secondary N) is 1. The van der Waals surface area contributed by atoms with Crippen LogP contribution in [0.2, 0.25) is 0 Å². The molecule has 1 heterocycles. The molecule has 0 amide bonds. The molecule has 0 aromatic heterocycles. The molecule has 1 aliphatic heterocycles. The molecule has 18 heavy (non-hydrogen) atoms. The molecule has 0 aliphatic carbocycles. The van der Waals surface area contributed by atoms with Gasteiger partial charge in [0.25, 0.3) is 0 Å². The first kappa shape index (κ1) is 18.4. The van der Waals surface area contributed by atoms with E-state index in [-0.39, 0.29) is 12.4 Å². The molecule has 1 fully saturated rings. The van der Waals surface area contributed by atoms with E-state index in [9.17, 15) is 0 Å². The maximum atomic E-state index is 5.90. The van der Waals surface area contributed by atoms with E-state index in [1.807, 2.05) is 46.6 Å². The van der Waals surface area contributed by atoms with Crippen LogP contribution in [-0.2, 0) is 13.9 Å². The van der Waals surface area contributed by atoms with E-state index < -0.39 is 7.59 Å². The van der Waals surface area contributed by atoms with Gasteiger partial charge in [0, 0.05) is 0 Å². The van der Waals surface area contributed by atoms with E-state index in [1.54, 1.807) is 10.1 Å². The van der Waals surface area contributed by atoms with Crippen molar-refractivity contribution in [1.82, 2.24) is 20.0 Å². The largest absolute Gasteiger partial charge is 0.147 e. The Labute approximate surface area is 116 Å². The molecule has 1 aliphatic rings. The first-order chi connectivity index (χ1) is 7.92. The molecule has 112 valence electrons. The summed E-state index contributed by atoms with van der Waals surface area (Å²) in [5.74, 6) is 0. The van der Waals surface area contributed by atoms with Gasteiger partial charge in [-0.1, -0.05) is 0 Å². The summed E-state index contributed by atoms with van der Waals surface area (Å²) in [7, 11) is 2.32. The van der Waals surface area contributed by atoms with Crippen molar-refractivity contribution in [2.24, 2.45) is 0 Å². The quantitative estimate of drug-likeness (QED) is 0.417. The van der Waals surface area contributed by atoms with Gasteiger partial charge in [-0.25, -0.2) is 0 Å². The van der Waals surface area contributed by atoms with Gasteiger partial charge >= 0.3 is 103 Å². The molecule has 1 N–H and O–H groups in total. The van der Waals surface area contributed by atoms with E-state index >= 15 is 0 Å². The zero-order valence-corrected chi connectivity index (χ0v) is 13.8. The van der Waals surface area contributed by atoms with Crippen molar-refractivity contribution in [3.63, 3.8) is 0 Å². The van der Waals surface area contributed by atoms with Gasteiger partial charge in [0.15, 0.2) is 0 Å². The van der Waals surface area contributed by atoms with Crippen LogP contribution in [0.25, 0.3) is 0 Å². The zero-order chi connectivity index (χ0) is 13.1. The molecule has 0 spiro atoms. The summed E-state index contributed by atoms with van der Waals surface area (Å²) >= 11 is 0. The Morgan fingerprint density at radius 2 is 1.33 bits per heavy atom. The SMILES string of the molecule is CCN(C)OP1(ON(C)CC)(N(C)CC)NO1.Cl. The van der Waals surface area contributed by atoms with Gasteiger partial charge in [-0.15, -0.1) is 12.4 Å². The molecule has 0 bridgehead atoms. The van der Waals surface area contributed by atoms with Crippen LogP contribution in [0.15, 0.2) is 0 Å². The van der Waals surface area contributed by atoms with Crippen LogP contribution in [0, 0.1) is 0 Å².